The molecule has 6 heteroatoms. The minimum atomic E-state index is -0.777. The van der Waals surface area contributed by atoms with Gasteiger partial charge in [-0.2, -0.15) is 0 Å². The minimum absolute atomic E-state index is 0.568. The highest BCUT2D eigenvalue weighted by atomic mass is 79.9. The largest absolute Gasteiger partial charge is 0.493 e. The smallest absolute Gasteiger partial charge is 0.309 e. The van der Waals surface area contributed by atoms with Gasteiger partial charge in [-0.3, -0.25) is 4.79 Å². The van der Waals surface area contributed by atoms with Crippen LogP contribution in [-0.4, -0.2) is 31.3 Å². The van der Waals surface area contributed by atoms with E-state index >= 15 is 0 Å². The van der Waals surface area contributed by atoms with E-state index < -0.39 is 11.4 Å². The van der Waals surface area contributed by atoms with Crippen molar-refractivity contribution in [2.75, 3.05) is 20.3 Å². The first kappa shape index (κ1) is 19.8. The van der Waals surface area contributed by atoms with Gasteiger partial charge in [0.2, 0.25) is 0 Å². The summed E-state index contributed by atoms with van der Waals surface area (Å²) >= 11 is 3.52. The van der Waals surface area contributed by atoms with E-state index in [1.807, 2.05) is 12.1 Å². The maximum atomic E-state index is 11.1. The van der Waals surface area contributed by atoms with Gasteiger partial charge in [-0.25, -0.2) is 0 Å². The summed E-state index contributed by atoms with van der Waals surface area (Å²) in [7, 11) is 1.62. The van der Waals surface area contributed by atoms with Gasteiger partial charge in [0, 0.05) is 6.54 Å². The Morgan fingerprint density at radius 3 is 2.65 bits per heavy atom. The Bertz CT molecular complexity index is 532. The number of hydrogen-bond donors (Lipinski definition) is 2. The molecule has 0 aliphatic rings. The maximum absolute atomic E-state index is 11.1. The van der Waals surface area contributed by atoms with Crippen LogP contribution in [0.25, 0.3) is 0 Å². The fourth-order valence-corrected chi connectivity index (χ4v) is 2.56. The molecule has 0 saturated heterocycles. The number of halogens is 1. The van der Waals surface area contributed by atoms with E-state index in [1.54, 1.807) is 21.0 Å². The first-order valence-corrected chi connectivity index (χ1v) is 8.54. The summed E-state index contributed by atoms with van der Waals surface area (Å²) in [5.41, 5.74) is 0.328. The molecule has 0 aliphatic carbocycles. The third kappa shape index (κ3) is 6.03. The number of carbonyl (C=O) groups is 1. The van der Waals surface area contributed by atoms with E-state index in [9.17, 15) is 4.79 Å². The number of nitrogens with one attached hydrogen (secondary N) is 1. The fraction of sp³-hybridized carbons (Fsp3) is 0.588. The summed E-state index contributed by atoms with van der Waals surface area (Å²) in [4.78, 5) is 11.1. The molecule has 5 nitrogen and oxygen atoms in total. The van der Waals surface area contributed by atoms with E-state index in [4.69, 9.17) is 14.6 Å². The van der Waals surface area contributed by atoms with E-state index in [2.05, 4.69) is 28.2 Å². The van der Waals surface area contributed by atoms with Crippen LogP contribution in [-0.2, 0) is 11.3 Å². The lowest BCUT2D eigenvalue weighted by atomic mass is 9.90. The first-order chi connectivity index (χ1) is 10.8. The fourth-order valence-electron chi connectivity index (χ4n) is 1.96. The predicted octanol–water partition coefficient (Wildman–Crippen LogP) is 3.84. The zero-order chi connectivity index (χ0) is 17.5. The molecule has 0 fully saturated rings. The minimum Gasteiger partial charge on any atom is -0.493 e. The average Bonchev–Trinajstić information content (AvgIpc) is 2.49. The number of ether oxygens (including phenoxy) is 2. The van der Waals surface area contributed by atoms with Crippen molar-refractivity contribution < 1.29 is 19.4 Å². The van der Waals surface area contributed by atoms with Crippen molar-refractivity contribution in [3.05, 3.63) is 22.2 Å². The van der Waals surface area contributed by atoms with Crippen molar-refractivity contribution in [2.24, 2.45) is 5.41 Å². The summed E-state index contributed by atoms with van der Waals surface area (Å²) in [6.45, 7) is 7.42. The Balaban J connectivity index is 2.64. The van der Waals surface area contributed by atoms with Crippen LogP contribution in [0.4, 0.5) is 0 Å². The van der Waals surface area contributed by atoms with Gasteiger partial charge in [0.05, 0.1) is 23.6 Å². The molecule has 0 aromatic heterocycles. The zero-order valence-corrected chi connectivity index (χ0v) is 15.8. The highest BCUT2D eigenvalue weighted by Crippen LogP contribution is 2.36. The molecule has 0 saturated carbocycles. The molecule has 0 radical (unpaired) electrons. The number of aliphatic carboxylic acids is 1. The van der Waals surface area contributed by atoms with Crippen LogP contribution in [0, 0.1) is 5.41 Å². The van der Waals surface area contributed by atoms with Crippen LogP contribution in [0.1, 0.15) is 39.2 Å². The van der Waals surface area contributed by atoms with E-state index in [-0.39, 0.29) is 0 Å². The lowest BCUT2D eigenvalue weighted by Crippen LogP contribution is -2.28. The summed E-state index contributed by atoms with van der Waals surface area (Å²) in [6, 6.07) is 3.92. The Kier molecular flexibility index (Phi) is 7.85. The summed E-state index contributed by atoms with van der Waals surface area (Å²) < 4.78 is 12.0. The zero-order valence-electron chi connectivity index (χ0n) is 14.2. The molecule has 2 N–H and O–H groups in total. The van der Waals surface area contributed by atoms with Crippen molar-refractivity contribution in [2.45, 2.75) is 40.2 Å². The van der Waals surface area contributed by atoms with Crippen LogP contribution in [0.5, 0.6) is 11.5 Å². The molecule has 1 rings (SSSR count). The van der Waals surface area contributed by atoms with Gasteiger partial charge in [-0.15, -0.1) is 0 Å². The van der Waals surface area contributed by atoms with Crippen molar-refractivity contribution in [1.82, 2.24) is 5.32 Å². The number of benzene rings is 1. The van der Waals surface area contributed by atoms with Crippen LogP contribution < -0.4 is 14.8 Å². The van der Waals surface area contributed by atoms with Gasteiger partial charge < -0.3 is 19.9 Å². The van der Waals surface area contributed by atoms with E-state index in [0.29, 0.717) is 37.6 Å². The third-order valence-electron chi connectivity index (χ3n) is 3.57. The normalized spacial score (nSPS) is 11.3. The SMILES string of the molecule is CCCOc1c(Br)cc(CNCCC(C)(C)C(=O)O)cc1OC. The second kappa shape index (κ2) is 9.13. The highest BCUT2D eigenvalue weighted by molar-refractivity contribution is 9.10. The lowest BCUT2D eigenvalue weighted by molar-refractivity contribution is -0.147. The van der Waals surface area contributed by atoms with Gasteiger partial charge in [0.25, 0.3) is 0 Å². The number of rotatable bonds is 10. The summed E-state index contributed by atoms with van der Waals surface area (Å²) in [5, 5.41) is 12.4. The van der Waals surface area contributed by atoms with Crippen LogP contribution in [0.15, 0.2) is 16.6 Å². The van der Waals surface area contributed by atoms with Crippen LogP contribution in [0.3, 0.4) is 0 Å². The molecule has 1 aromatic carbocycles. The molecule has 0 aliphatic heterocycles. The molecule has 0 heterocycles. The molecule has 130 valence electrons. The Morgan fingerprint density at radius 2 is 2.09 bits per heavy atom. The van der Waals surface area contributed by atoms with Gasteiger partial charge in [-0.05, 0) is 66.9 Å². The van der Waals surface area contributed by atoms with Gasteiger partial charge in [0.15, 0.2) is 11.5 Å². The van der Waals surface area contributed by atoms with Crippen molar-refractivity contribution in [3.63, 3.8) is 0 Å². The Morgan fingerprint density at radius 1 is 1.39 bits per heavy atom. The van der Waals surface area contributed by atoms with Gasteiger partial charge >= 0.3 is 5.97 Å². The average molecular weight is 388 g/mol. The molecule has 0 amide bonds. The van der Waals surface area contributed by atoms with Crippen molar-refractivity contribution in [1.29, 1.82) is 0 Å². The highest BCUT2D eigenvalue weighted by Gasteiger charge is 2.26. The topological polar surface area (TPSA) is 67.8 Å². The lowest BCUT2D eigenvalue weighted by Gasteiger charge is -2.19. The molecule has 23 heavy (non-hydrogen) atoms. The molecular weight excluding hydrogens is 362 g/mol. The maximum Gasteiger partial charge on any atom is 0.309 e. The standard InChI is InChI=1S/C17H26BrNO4/c1-5-8-23-15-13(18)9-12(10-14(15)22-4)11-19-7-6-17(2,3)16(20)21/h9-10,19H,5-8,11H2,1-4H3,(H,20,21). The molecular formula is C17H26BrNO4. The second-order valence-electron chi connectivity index (χ2n) is 6.07. The van der Waals surface area contributed by atoms with E-state index in [1.165, 1.54) is 0 Å². The first-order valence-electron chi connectivity index (χ1n) is 7.75. The third-order valence-corrected chi connectivity index (χ3v) is 4.16. The second-order valence-corrected chi connectivity index (χ2v) is 6.93. The number of hydrogen-bond acceptors (Lipinski definition) is 4. The number of carboxylic acid groups (broad SMARTS) is 1. The molecule has 0 unspecified atom stereocenters. The quantitative estimate of drug-likeness (QED) is 0.597. The number of carboxylic acids is 1. The summed E-state index contributed by atoms with van der Waals surface area (Å²) in [5.74, 6) is 0.627. The molecule has 0 spiro atoms. The van der Waals surface area contributed by atoms with Gasteiger partial charge in [-0.1, -0.05) is 6.92 Å². The monoisotopic (exact) mass is 387 g/mol. The summed E-state index contributed by atoms with van der Waals surface area (Å²) in [6.07, 6.45) is 1.50. The number of methoxy groups -OCH3 is 1. The van der Waals surface area contributed by atoms with Crippen molar-refractivity contribution in [3.8, 4) is 11.5 Å². The van der Waals surface area contributed by atoms with Gasteiger partial charge in [0.1, 0.15) is 0 Å². The van der Waals surface area contributed by atoms with E-state index in [0.717, 1.165) is 16.5 Å². The van der Waals surface area contributed by atoms with Crippen LogP contribution >= 0.6 is 15.9 Å². The molecule has 0 atom stereocenters. The Labute approximate surface area is 146 Å². The van der Waals surface area contributed by atoms with Crippen LogP contribution in [0.2, 0.25) is 0 Å². The predicted molar refractivity (Wildman–Crippen MR) is 94.2 cm³/mol. The van der Waals surface area contributed by atoms with Crippen molar-refractivity contribution >= 4 is 21.9 Å². The molecule has 0 bridgehead atoms. The Hall–Kier alpha value is -1.27. The molecule has 1 aromatic rings.